The van der Waals surface area contributed by atoms with Crippen LogP contribution in [-0.2, 0) is 0 Å². The Labute approximate surface area is 76.9 Å². The zero-order valence-corrected chi connectivity index (χ0v) is 8.32. The minimum Gasteiger partial charge on any atom is -0.261 e. The van der Waals surface area contributed by atoms with Gasteiger partial charge in [-0.25, -0.2) is 0 Å². The molecule has 12 heavy (non-hydrogen) atoms. The molecule has 0 aromatic carbocycles. The standard InChI is InChI=1S/C8H14N3S/c1-8-5-3-4-6-11(8)10-7(9-2)12-8/h6H,3-5H2,1-2H3,(H,9,10)/q+1/t8-/m0/s1. The van der Waals surface area contributed by atoms with Crippen LogP contribution in [0.2, 0.25) is 0 Å². The largest absolute Gasteiger partial charge is 0.261 e. The number of hydrogen-bond acceptors (Lipinski definition) is 2. The van der Waals surface area contributed by atoms with Gasteiger partial charge >= 0.3 is 0 Å². The molecule has 1 fully saturated rings. The van der Waals surface area contributed by atoms with Crippen molar-refractivity contribution in [3.05, 3.63) is 0 Å². The maximum absolute atomic E-state index is 4.16. The molecule has 0 amide bonds. The molecule has 1 N–H and O–H groups in total. The number of hydrogen-bond donors (Lipinski definition) is 1. The summed E-state index contributed by atoms with van der Waals surface area (Å²) >= 11 is 1.83. The van der Waals surface area contributed by atoms with Gasteiger partial charge in [0.05, 0.1) is 0 Å². The number of fused-ring (bicyclic) bond motifs is 1. The van der Waals surface area contributed by atoms with Crippen LogP contribution in [0.5, 0.6) is 0 Å². The Morgan fingerprint density at radius 1 is 1.75 bits per heavy atom. The molecular weight excluding hydrogens is 170 g/mol. The van der Waals surface area contributed by atoms with E-state index in [1.165, 1.54) is 19.3 Å². The lowest BCUT2D eigenvalue weighted by Gasteiger charge is -2.18. The molecule has 1 atom stereocenters. The van der Waals surface area contributed by atoms with Crippen LogP contribution in [0, 0.1) is 0 Å². The van der Waals surface area contributed by atoms with Gasteiger partial charge in [0.15, 0.2) is 6.21 Å². The number of amidine groups is 1. The van der Waals surface area contributed by atoms with Crippen molar-refractivity contribution in [1.82, 2.24) is 5.43 Å². The molecule has 4 heteroatoms. The molecule has 2 heterocycles. The Kier molecular flexibility index (Phi) is 1.87. The summed E-state index contributed by atoms with van der Waals surface area (Å²) in [6, 6.07) is 0. The van der Waals surface area contributed by atoms with Crippen molar-refractivity contribution >= 4 is 23.1 Å². The highest BCUT2D eigenvalue weighted by molar-refractivity contribution is 8.15. The Morgan fingerprint density at radius 2 is 2.58 bits per heavy atom. The minimum atomic E-state index is 0.215. The quantitative estimate of drug-likeness (QED) is 0.573. The summed E-state index contributed by atoms with van der Waals surface area (Å²) in [5, 5.41) is 1.04. The molecule has 0 bridgehead atoms. The zero-order chi connectivity index (χ0) is 8.60. The average molecular weight is 184 g/mol. The molecule has 66 valence electrons. The summed E-state index contributed by atoms with van der Waals surface area (Å²) in [5.74, 6) is 0. The Balaban J connectivity index is 2.29. The van der Waals surface area contributed by atoms with Crippen LogP contribution in [0.4, 0.5) is 0 Å². The smallest absolute Gasteiger partial charge is 0.241 e. The van der Waals surface area contributed by atoms with E-state index in [1.54, 1.807) is 0 Å². The summed E-state index contributed by atoms with van der Waals surface area (Å²) < 4.78 is 2.20. The third-order valence-electron chi connectivity index (χ3n) is 2.40. The van der Waals surface area contributed by atoms with Crippen molar-refractivity contribution in [1.29, 1.82) is 0 Å². The summed E-state index contributed by atoms with van der Waals surface area (Å²) in [4.78, 5) is 4.38. The highest BCUT2D eigenvalue weighted by atomic mass is 32.2. The number of nitrogens with one attached hydrogen (secondary N) is 1. The lowest BCUT2D eigenvalue weighted by atomic mass is 10.1. The van der Waals surface area contributed by atoms with Gasteiger partial charge in [-0.05, 0) is 18.2 Å². The topological polar surface area (TPSA) is 27.4 Å². The summed E-state index contributed by atoms with van der Waals surface area (Å²) in [6.45, 7) is 2.26. The summed E-state index contributed by atoms with van der Waals surface area (Å²) in [7, 11) is 1.83. The summed E-state index contributed by atoms with van der Waals surface area (Å²) in [6.07, 6.45) is 5.94. The molecule has 2 aliphatic heterocycles. The van der Waals surface area contributed by atoms with E-state index >= 15 is 0 Å². The maximum atomic E-state index is 4.16. The van der Waals surface area contributed by atoms with Crippen LogP contribution < -0.4 is 5.43 Å². The van der Waals surface area contributed by atoms with Crippen LogP contribution in [0.3, 0.4) is 0 Å². The molecule has 0 unspecified atom stereocenters. The normalized spacial score (nSPS) is 37.5. The highest BCUT2D eigenvalue weighted by Crippen LogP contribution is 2.37. The van der Waals surface area contributed by atoms with E-state index in [0.717, 1.165) is 5.17 Å². The number of aliphatic imine (C=N–C) groups is 1. The molecule has 2 rings (SSSR count). The van der Waals surface area contributed by atoms with Crippen LogP contribution in [0.1, 0.15) is 26.2 Å². The van der Waals surface area contributed by atoms with Crippen molar-refractivity contribution in [2.75, 3.05) is 7.05 Å². The third kappa shape index (κ3) is 1.14. The number of hydrazine groups is 1. The third-order valence-corrected chi connectivity index (χ3v) is 3.71. The molecule has 0 radical (unpaired) electrons. The monoisotopic (exact) mass is 184 g/mol. The molecule has 1 saturated heterocycles. The first-order valence-corrected chi connectivity index (χ1v) is 5.11. The van der Waals surface area contributed by atoms with E-state index in [9.17, 15) is 0 Å². The van der Waals surface area contributed by atoms with Gasteiger partial charge in [-0.3, -0.25) is 4.99 Å². The fraction of sp³-hybridized carbons (Fsp3) is 0.750. The lowest BCUT2D eigenvalue weighted by Crippen LogP contribution is -2.40. The second kappa shape index (κ2) is 2.76. The second-order valence-electron chi connectivity index (χ2n) is 3.36. The van der Waals surface area contributed by atoms with Gasteiger partial charge in [0.2, 0.25) is 10.0 Å². The van der Waals surface area contributed by atoms with Gasteiger partial charge in [0, 0.05) is 26.8 Å². The first-order chi connectivity index (χ1) is 5.74. The minimum absolute atomic E-state index is 0.215. The van der Waals surface area contributed by atoms with Gasteiger partial charge < -0.3 is 0 Å². The molecule has 0 aromatic rings. The van der Waals surface area contributed by atoms with E-state index in [4.69, 9.17) is 0 Å². The fourth-order valence-corrected chi connectivity index (χ4v) is 2.77. The van der Waals surface area contributed by atoms with E-state index in [1.807, 2.05) is 18.8 Å². The molecule has 0 aliphatic carbocycles. The van der Waals surface area contributed by atoms with Gasteiger partial charge in [-0.15, -0.1) is 10.1 Å². The number of nitrogens with zero attached hydrogens (tertiary/aromatic N) is 2. The van der Waals surface area contributed by atoms with Crippen LogP contribution in [-0.4, -0.2) is 28.0 Å². The number of hydrazone groups is 1. The van der Waals surface area contributed by atoms with Crippen molar-refractivity contribution < 1.29 is 4.68 Å². The van der Waals surface area contributed by atoms with Crippen LogP contribution >= 0.6 is 11.8 Å². The lowest BCUT2D eigenvalue weighted by molar-refractivity contribution is -0.611. The zero-order valence-electron chi connectivity index (χ0n) is 7.50. The van der Waals surface area contributed by atoms with Crippen LogP contribution in [0.15, 0.2) is 4.99 Å². The van der Waals surface area contributed by atoms with E-state index < -0.39 is 0 Å². The van der Waals surface area contributed by atoms with Crippen molar-refractivity contribution in [3.8, 4) is 0 Å². The first kappa shape index (κ1) is 8.10. The van der Waals surface area contributed by atoms with Gasteiger partial charge in [0.1, 0.15) is 0 Å². The molecule has 0 aromatic heterocycles. The van der Waals surface area contributed by atoms with E-state index in [2.05, 4.69) is 28.2 Å². The van der Waals surface area contributed by atoms with Crippen LogP contribution in [0.25, 0.3) is 0 Å². The number of thioether (sulfide) groups is 1. The van der Waals surface area contributed by atoms with Crippen molar-refractivity contribution in [3.63, 3.8) is 0 Å². The molecule has 0 saturated carbocycles. The Bertz CT molecular complexity index is 259. The molecule has 2 aliphatic rings. The predicted octanol–water partition coefficient (Wildman–Crippen LogP) is 1.21. The Morgan fingerprint density at radius 3 is 3.25 bits per heavy atom. The van der Waals surface area contributed by atoms with Crippen molar-refractivity contribution in [2.45, 2.75) is 31.1 Å². The van der Waals surface area contributed by atoms with Gasteiger partial charge in [-0.1, -0.05) is 0 Å². The average Bonchev–Trinajstić information content (AvgIpc) is 2.41. The van der Waals surface area contributed by atoms with E-state index in [-0.39, 0.29) is 4.87 Å². The first-order valence-electron chi connectivity index (χ1n) is 4.30. The Hall–Kier alpha value is -0.510. The van der Waals surface area contributed by atoms with Crippen molar-refractivity contribution in [2.24, 2.45) is 4.99 Å². The van der Waals surface area contributed by atoms with Gasteiger partial charge in [-0.2, -0.15) is 0 Å². The summed E-state index contributed by atoms with van der Waals surface area (Å²) in [5.41, 5.74) is 3.27. The predicted molar refractivity (Wildman–Crippen MR) is 52.7 cm³/mol. The maximum Gasteiger partial charge on any atom is 0.241 e. The molecule has 0 spiro atoms. The number of rotatable bonds is 0. The highest BCUT2D eigenvalue weighted by Gasteiger charge is 2.47. The molecule has 3 nitrogen and oxygen atoms in total. The molecular formula is C8H14N3S+. The van der Waals surface area contributed by atoms with Gasteiger partial charge in [0.25, 0.3) is 0 Å². The van der Waals surface area contributed by atoms with E-state index in [0.29, 0.717) is 0 Å². The fourth-order valence-electron chi connectivity index (χ4n) is 1.66. The second-order valence-corrected chi connectivity index (χ2v) is 4.83. The SMILES string of the molecule is CN=C1N[N+]2=CCCC[C@]2(C)S1.